The lowest BCUT2D eigenvalue weighted by atomic mass is 10.3. The Balaban J connectivity index is 2.53. The molecule has 0 aromatic heterocycles. The van der Waals surface area contributed by atoms with Crippen molar-refractivity contribution in [2.75, 3.05) is 13.2 Å². The van der Waals surface area contributed by atoms with E-state index in [1.54, 1.807) is 6.92 Å². The molecule has 0 bridgehead atoms. The second-order valence-electron chi connectivity index (χ2n) is 4.17. The standard InChI is InChI=1S/C11H18N2O5/c1-3-18-9(14)6-13(8-4-5-8)11(17)12-7(2)10(15)16/h7-8H,3-6H2,1-2H3,(H,12,17)(H,15,16)/t7-/m1/s1. The van der Waals surface area contributed by atoms with Crippen molar-refractivity contribution in [1.29, 1.82) is 0 Å². The average Bonchev–Trinajstić information content (AvgIpc) is 3.09. The minimum Gasteiger partial charge on any atom is -0.480 e. The van der Waals surface area contributed by atoms with Crippen LogP contribution in [0.4, 0.5) is 4.79 Å². The fraction of sp³-hybridized carbons (Fsp3) is 0.727. The Labute approximate surface area is 105 Å². The number of ether oxygens (including phenoxy) is 1. The van der Waals surface area contributed by atoms with Crippen molar-refractivity contribution < 1.29 is 24.2 Å². The maximum atomic E-state index is 11.8. The number of amides is 2. The zero-order valence-corrected chi connectivity index (χ0v) is 10.5. The summed E-state index contributed by atoms with van der Waals surface area (Å²) in [6.07, 6.45) is 1.66. The summed E-state index contributed by atoms with van der Waals surface area (Å²) in [5.41, 5.74) is 0. The molecule has 1 rings (SSSR count). The van der Waals surface area contributed by atoms with E-state index in [0.717, 1.165) is 12.8 Å². The molecular formula is C11H18N2O5. The Kier molecular flexibility index (Phi) is 4.94. The highest BCUT2D eigenvalue weighted by Gasteiger charge is 2.35. The van der Waals surface area contributed by atoms with Gasteiger partial charge >= 0.3 is 18.0 Å². The molecule has 0 aromatic carbocycles. The van der Waals surface area contributed by atoms with Crippen molar-refractivity contribution in [3.63, 3.8) is 0 Å². The number of nitrogens with one attached hydrogen (secondary N) is 1. The number of carboxylic acids is 1. The molecule has 2 N–H and O–H groups in total. The lowest BCUT2D eigenvalue weighted by Gasteiger charge is -2.23. The fourth-order valence-corrected chi connectivity index (χ4v) is 1.43. The molecule has 0 saturated heterocycles. The van der Waals surface area contributed by atoms with Crippen LogP contribution in [0.5, 0.6) is 0 Å². The first-order valence-corrected chi connectivity index (χ1v) is 5.91. The average molecular weight is 258 g/mol. The van der Waals surface area contributed by atoms with Gasteiger partial charge in [-0.3, -0.25) is 9.59 Å². The van der Waals surface area contributed by atoms with Gasteiger partial charge in [0, 0.05) is 6.04 Å². The van der Waals surface area contributed by atoms with E-state index in [4.69, 9.17) is 9.84 Å². The summed E-state index contributed by atoms with van der Waals surface area (Å²) in [5, 5.41) is 11.0. The molecule has 2 amide bonds. The van der Waals surface area contributed by atoms with Gasteiger partial charge in [-0.25, -0.2) is 4.79 Å². The SMILES string of the molecule is CCOC(=O)CN(C(=O)N[C@H](C)C(=O)O)C1CC1. The van der Waals surface area contributed by atoms with Crippen molar-refractivity contribution in [2.24, 2.45) is 0 Å². The van der Waals surface area contributed by atoms with Crippen LogP contribution < -0.4 is 5.32 Å². The highest BCUT2D eigenvalue weighted by atomic mass is 16.5. The molecular weight excluding hydrogens is 240 g/mol. The van der Waals surface area contributed by atoms with Crippen LogP contribution in [0.2, 0.25) is 0 Å². The van der Waals surface area contributed by atoms with E-state index in [1.165, 1.54) is 11.8 Å². The molecule has 18 heavy (non-hydrogen) atoms. The van der Waals surface area contributed by atoms with E-state index in [9.17, 15) is 14.4 Å². The minimum atomic E-state index is -1.12. The Morgan fingerprint density at radius 2 is 2.06 bits per heavy atom. The van der Waals surface area contributed by atoms with Crippen molar-refractivity contribution in [1.82, 2.24) is 10.2 Å². The predicted octanol–water partition coefficient (Wildman–Crippen LogP) is 0.197. The summed E-state index contributed by atoms with van der Waals surface area (Å²) in [4.78, 5) is 35.1. The molecule has 1 atom stereocenters. The van der Waals surface area contributed by atoms with Crippen LogP contribution in [-0.4, -0.2) is 53.2 Å². The number of aliphatic carboxylic acids is 1. The van der Waals surface area contributed by atoms with Gasteiger partial charge in [0.25, 0.3) is 0 Å². The molecule has 1 saturated carbocycles. The van der Waals surface area contributed by atoms with Gasteiger partial charge < -0.3 is 20.1 Å². The highest BCUT2D eigenvalue weighted by Crippen LogP contribution is 2.26. The summed E-state index contributed by atoms with van der Waals surface area (Å²) in [6.45, 7) is 3.17. The first-order chi connectivity index (χ1) is 8.45. The second kappa shape index (κ2) is 6.23. The van der Waals surface area contributed by atoms with Gasteiger partial charge in [0.15, 0.2) is 0 Å². The maximum absolute atomic E-state index is 11.8. The molecule has 0 heterocycles. The number of urea groups is 1. The third-order valence-electron chi connectivity index (χ3n) is 2.56. The van der Waals surface area contributed by atoms with Crippen molar-refractivity contribution >= 4 is 18.0 Å². The van der Waals surface area contributed by atoms with Crippen LogP contribution >= 0.6 is 0 Å². The quantitative estimate of drug-likeness (QED) is 0.663. The zero-order chi connectivity index (χ0) is 13.7. The van der Waals surface area contributed by atoms with Gasteiger partial charge in [-0.2, -0.15) is 0 Å². The number of hydrogen-bond acceptors (Lipinski definition) is 4. The van der Waals surface area contributed by atoms with E-state index in [-0.39, 0.29) is 19.2 Å². The van der Waals surface area contributed by atoms with Crippen LogP contribution in [0, 0.1) is 0 Å². The zero-order valence-electron chi connectivity index (χ0n) is 10.5. The molecule has 1 fully saturated rings. The van der Waals surface area contributed by atoms with Crippen molar-refractivity contribution in [3.05, 3.63) is 0 Å². The third-order valence-corrected chi connectivity index (χ3v) is 2.56. The number of esters is 1. The first-order valence-electron chi connectivity index (χ1n) is 5.91. The molecule has 1 aliphatic rings. The van der Waals surface area contributed by atoms with Crippen molar-refractivity contribution in [3.8, 4) is 0 Å². The number of nitrogens with zero attached hydrogens (tertiary/aromatic N) is 1. The van der Waals surface area contributed by atoms with Crippen LogP contribution in [0.25, 0.3) is 0 Å². The van der Waals surface area contributed by atoms with Crippen LogP contribution in [-0.2, 0) is 14.3 Å². The van der Waals surface area contributed by atoms with Gasteiger partial charge in [-0.15, -0.1) is 0 Å². The Morgan fingerprint density at radius 3 is 2.50 bits per heavy atom. The van der Waals surface area contributed by atoms with E-state index in [0.29, 0.717) is 0 Å². The first kappa shape index (κ1) is 14.3. The summed E-state index contributed by atoms with van der Waals surface area (Å²) in [5.74, 6) is -1.60. The number of carbonyl (C=O) groups is 3. The molecule has 0 spiro atoms. The van der Waals surface area contributed by atoms with Crippen LogP contribution in [0.1, 0.15) is 26.7 Å². The van der Waals surface area contributed by atoms with Crippen LogP contribution in [0.15, 0.2) is 0 Å². The lowest BCUT2D eigenvalue weighted by Crippen LogP contribution is -2.49. The molecule has 0 aromatic rings. The summed E-state index contributed by atoms with van der Waals surface area (Å²) in [6, 6.07) is -1.52. The molecule has 1 aliphatic carbocycles. The van der Waals surface area contributed by atoms with Crippen LogP contribution in [0.3, 0.4) is 0 Å². The number of carbonyl (C=O) groups excluding carboxylic acids is 2. The van der Waals surface area contributed by atoms with Gasteiger partial charge in [0.1, 0.15) is 12.6 Å². The monoisotopic (exact) mass is 258 g/mol. The number of hydrogen-bond donors (Lipinski definition) is 2. The molecule has 0 radical (unpaired) electrons. The molecule has 102 valence electrons. The molecule has 7 heteroatoms. The summed E-state index contributed by atoms with van der Waals surface area (Å²) < 4.78 is 4.78. The third kappa shape index (κ3) is 4.23. The second-order valence-corrected chi connectivity index (χ2v) is 4.17. The van der Waals surface area contributed by atoms with Crippen molar-refractivity contribution in [2.45, 2.75) is 38.8 Å². The molecule has 0 aliphatic heterocycles. The summed E-state index contributed by atoms with van der Waals surface area (Å²) >= 11 is 0. The molecule has 7 nitrogen and oxygen atoms in total. The van der Waals surface area contributed by atoms with Gasteiger partial charge in [0.2, 0.25) is 0 Å². The largest absolute Gasteiger partial charge is 0.480 e. The summed E-state index contributed by atoms with van der Waals surface area (Å²) in [7, 11) is 0. The predicted molar refractivity (Wildman–Crippen MR) is 62.0 cm³/mol. The Hall–Kier alpha value is -1.79. The number of carboxylic acid groups (broad SMARTS) is 1. The Bertz CT molecular complexity index is 340. The van der Waals surface area contributed by atoms with Gasteiger partial charge in [-0.05, 0) is 26.7 Å². The topological polar surface area (TPSA) is 95.9 Å². The minimum absolute atomic E-state index is 0.00963. The molecule has 0 unspecified atom stereocenters. The van der Waals surface area contributed by atoms with E-state index < -0.39 is 24.0 Å². The Morgan fingerprint density at radius 1 is 1.44 bits per heavy atom. The lowest BCUT2D eigenvalue weighted by molar-refractivity contribution is -0.143. The highest BCUT2D eigenvalue weighted by molar-refractivity contribution is 5.85. The van der Waals surface area contributed by atoms with Gasteiger partial charge in [-0.1, -0.05) is 0 Å². The fourth-order valence-electron chi connectivity index (χ4n) is 1.43. The van der Waals surface area contributed by atoms with E-state index in [2.05, 4.69) is 5.32 Å². The maximum Gasteiger partial charge on any atom is 0.325 e. The van der Waals surface area contributed by atoms with E-state index in [1.807, 2.05) is 0 Å². The van der Waals surface area contributed by atoms with Gasteiger partial charge in [0.05, 0.1) is 6.61 Å². The number of rotatable bonds is 6. The van der Waals surface area contributed by atoms with E-state index >= 15 is 0 Å². The normalized spacial score (nSPS) is 15.7. The smallest absolute Gasteiger partial charge is 0.325 e.